The highest BCUT2D eigenvalue weighted by Crippen LogP contribution is 2.42. The molecule has 0 radical (unpaired) electrons. The summed E-state index contributed by atoms with van der Waals surface area (Å²) in [6, 6.07) is 1.96. The van der Waals surface area contributed by atoms with Crippen molar-refractivity contribution in [3.8, 4) is 0 Å². The number of hydrogen-bond acceptors (Lipinski definition) is 4. The van der Waals surface area contributed by atoms with Crippen LogP contribution in [0.4, 0.5) is 5.00 Å². The van der Waals surface area contributed by atoms with Gasteiger partial charge in [0, 0.05) is 24.7 Å². The summed E-state index contributed by atoms with van der Waals surface area (Å²) in [5, 5.41) is 0.986. The van der Waals surface area contributed by atoms with Gasteiger partial charge in [-0.3, -0.25) is 0 Å². The molecule has 0 spiro atoms. The molecule has 0 aliphatic carbocycles. The van der Waals surface area contributed by atoms with Gasteiger partial charge in [-0.15, -0.1) is 11.3 Å². The average molecular weight is 298 g/mol. The Balaban J connectivity index is 2.41. The van der Waals surface area contributed by atoms with Gasteiger partial charge in [0.1, 0.15) is 10.8 Å². The molecule has 5 heteroatoms. The van der Waals surface area contributed by atoms with Gasteiger partial charge in [0.25, 0.3) is 0 Å². The van der Waals surface area contributed by atoms with Crippen molar-refractivity contribution in [1.29, 1.82) is 0 Å². The lowest BCUT2D eigenvalue weighted by atomic mass is 10.1. The SMILES string of the molecule is CCCCC1=Nc2sc(Cl)cc2/C(=C\N)N1CCC. The molecule has 2 N–H and O–H groups in total. The van der Waals surface area contributed by atoms with Crippen LogP contribution < -0.4 is 5.73 Å². The highest BCUT2D eigenvalue weighted by molar-refractivity contribution is 7.20. The maximum absolute atomic E-state index is 6.11. The molecule has 0 aromatic carbocycles. The second-order valence-corrected chi connectivity index (χ2v) is 6.27. The summed E-state index contributed by atoms with van der Waals surface area (Å²) in [5.41, 5.74) is 7.95. The van der Waals surface area contributed by atoms with Crippen molar-refractivity contribution >= 4 is 39.5 Å². The van der Waals surface area contributed by atoms with E-state index >= 15 is 0 Å². The van der Waals surface area contributed by atoms with Crippen molar-refractivity contribution in [2.45, 2.75) is 39.5 Å². The van der Waals surface area contributed by atoms with Crippen molar-refractivity contribution in [3.05, 3.63) is 22.2 Å². The van der Waals surface area contributed by atoms with Crippen LogP contribution in [-0.2, 0) is 0 Å². The Labute approximate surface area is 123 Å². The highest BCUT2D eigenvalue weighted by atomic mass is 35.5. The zero-order chi connectivity index (χ0) is 13.8. The highest BCUT2D eigenvalue weighted by Gasteiger charge is 2.25. The third-order valence-corrected chi connectivity index (χ3v) is 4.31. The molecule has 0 unspecified atom stereocenters. The van der Waals surface area contributed by atoms with E-state index < -0.39 is 0 Å². The minimum Gasteiger partial charge on any atom is -0.403 e. The molecule has 19 heavy (non-hydrogen) atoms. The number of amidine groups is 1. The van der Waals surface area contributed by atoms with Gasteiger partial charge in [-0.2, -0.15) is 0 Å². The van der Waals surface area contributed by atoms with E-state index in [1.54, 1.807) is 6.20 Å². The zero-order valence-corrected chi connectivity index (χ0v) is 13.0. The number of thiophene rings is 1. The summed E-state index contributed by atoms with van der Waals surface area (Å²) < 4.78 is 0.765. The normalized spacial score (nSPS) is 16.7. The van der Waals surface area contributed by atoms with Crippen LogP contribution in [0.25, 0.3) is 5.70 Å². The average Bonchev–Trinajstić information content (AvgIpc) is 2.76. The molecule has 0 saturated carbocycles. The van der Waals surface area contributed by atoms with Crippen LogP contribution in [-0.4, -0.2) is 17.3 Å². The predicted molar refractivity (Wildman–Crippen MR) is 85.1 cm³/mol. The maximum atomic E-state index is 6.11. The fourth-order valence-corrected chi connectivity index (χ4v) is 3.37. The second kappa shape index (κ2) is 6.44. The number of nitrogens with zero attached hydrogens (tertiary/aromatic N) is 2. The molecular formula is C14H20ClN3S. The molecule has 2 rings (SSSR count). The number of nitrogens with two attached hydrogens (primary N) is 1. The molecule has 3 nitrogen and oxygen atoms in total. The summed E-state index contributed by atoms with van der Waals surface area (Å²) in [4.78, 5) is 7.02. The van der Waals surface area contributed by atoms with Gasteiger partial charge in [-0.25, -0.2) is 4.99 Å². The number of unbranched alkanes of at least 4 members (excludes halogenated alkanes) is 1. The molecule has 0 bridgehead atoms. The molecule has 0 saturated heterocycles. The standard InChI is InChI=1S/C14H20ClN3S/c1-3-5-6-13-17-14-10(8-12(15)19-14)11(9-16)18(13)7-4-2/h8-9H,3-7,16H2,1-2H3/b11-9+. The molecule has 0 atom stereocenters. The van der Waals surface area contributed by atoms with E-state index in [1.807, 2.05) is 6.07 Å². The third-order valence-electron chi connectivity index (χ3n) is 3.15. The first-order valence-electron chi connectivity index (χ1n) is 6.78. The molecule has 104 valence electrons. The number of aliphatic imine (C=N–C) groups is 1. The Kier molecular flexibility index (Phi) is 4.88. The molecule has 1 aromatic rings. The van der Waals surface area contributed by atoms with Crippen molar-refractivity contribution < 1.29 is 0 Å². The first-order valence-corrected chi connectivity index (χ1v) is 7.97. The van der Waals surface area contributed by atoms with E-state index in [4.69, 9.17) is 22.3 Å². The van der Waals surface area contributed by atoms with Crippen LogP contribution in [0.1, 0.15) is 45.1 Å². The fraction of sp³-hybridized carbons (Fsp3) is 0.500. The largest absolute Gasteiger partial charge is 0.403 e. The van der Waals surface area contributed by atoms with Crippen molar-refractivity contribution in [2.24, 2.45) is 10.7 Å². The van der Waals surface area contributed by atoms with Gasteiger partial charge in [-0.05, 0) is 18.9 Å². The van der Waals surface area contributed by atoms with Gasteiger partial charge < -0.3 is 10.6 Å². The first-order chi connectivity index (χ1) is 9.21. The lowest BCUT2D eigenvalue weighted by molar-refractivity contribution is 0.548. The van der Waals surface area contributed by atoms with Crippen LogP contribution in [0, 0.1) is 0 Å². The van der Waals surface area contributed by atoms with E-state index in [1.165, 1.54) is 17.8 Å². The number of hydrogen-bond donors (Lipinski definition) is 1. The van der Waals surface area contributed by atoms with Gasteiger partial charge in [0.05, 0.1) is 10.0 Å². The lowest BCUT2D eigenvalue weighted by Crippen LogP contribution is -2.32. The van der Waals surface area contributed by atoms with E-state index in [0.29, 0.717) is 0 Å². The van der Waals surface area contributed by atoms with Crippen LogP contribution in [0.2, 0.25) is 4.34 Å². The molecule has 1 aromatic heterocycles. The van der Waals surface area contributed by atoms with E-state index in [9.17, 15) is 0 Å². The topological polar surface area (TPSA) is 41.6 Å². The fourth-order valence-electron chi connectivity index (χ4n) is 2.26. The zero-order valence-electron chi connectivity index (χ0n) is 11.4. The third kappa shape index (κ3) is 2.95. The summed E-state index contributed by atoms with van der Waals surface area (Å²) in [7, 11) is 0. The summed E-state index contributed by atoms with van der Waals surface area (Å²) in [6.07, 6.45) is 6.04. The lowest BCUT2D eigenvalue weighted by Gasteiger charge is -2.31. The quantitative estimate of drug-likeness (QED) is 0.862. The Bertz CT molecular complexity index is 505. The smallest absolute Gasteiger partial charge is 0.128 e. The van der Waals surface area contributed by atoms with Gasteiger partial charge in [0.2, 0.25) is 0 Å². The molecular weight excluding hydrogens is 278 g/mol. The molecule has 0 amide bonds. The summed E-state index contributed by atoms with van der Waals surface area (Å²) in [5.74, 6) is 1.12. The first kappa shape index (κ1) is 14.4. The van der Waals surface area contributed by atoms with E-state index in [0.717, 1.165) is 52.2 Å². The Morgan fingerprint density at radius 1 is 1.42 bits per heavy atom. The van der Waals surface area contributed by atoms with Crippen LogP contribution >= 0.6 is 22.9 Å². The number of halogens is 1. The van der Waals surface area contributed by atoms with Crippen LogP contribution in [0.15, 0.2) is 17.3 Å². The Hall–Kier alpha value is -1.00. The summed E-state index contributed by atoms with van der Waals surface area (Å²) >= 11 is 7.63. The number of rotatable bonds is 5. The monoisotopic (exact) mass is 297 g/mol. The number of fused-ring (bicyclic) bond motifs is 1. The van der Waals surface area contributed by atoms with E-state index in [-0.39, 0.29) is 0 Å². The van der Waals surface area contributed by atoms with Crippen molar-refractivity contribution in [2.75, 3.05) is 6.54 Å². The molecule has 0 fully saturated rings. The predicted octanol–water partition coefficient (Wildman–Crippen LogP) is 4.60. The van der Waals surface area contributed by atoms with E-state index in [2.05, 4.69) is 18.7 Å². The van der Waals surface area contributed by atoms with Crippen LogP contribution in [0.5, 0.6) is 0 Å². The van der Waals surface area contributed by atoms with Crippen molar-refractivity contribution in [3.63, 3.8) is 0 Å². The molecule has 1 aliphatic rings. The van der Waals surface area contributed by atoms with Gasteiger partial charge in [0.15, 0.2) is 0 Å². The van der Waals surface area contributed by atoms with Gasteiger partial charge in [-0.1, -0.05) is 31.9 Å². The minimum absolute atomic E-state index is 0.765. The second-order valence-electron chi connectivity index (χ2n) is 4.60. The van der Waals surface area contributed by atoms with Crippen molar-refractivity contribution in [1.82, 2.24) is 4.90 Å². The van der Waals surface area contributed by atoms with Gasteiger partial charge >= 0.3 is 0 Å². The Morgan fingerprint density at radius 3 is 2.84 bits per heavy atom. The maximum Gasteiger partial charge on any atom is 0.128 e. The molecule has 1 aliphatic heterocycles. The molecule has 2 heterocycles. The Morgan fingerprint density at radius 2 is 2.21 bits per heavy atom. The summed E-state index contributed by atoms with van der Waals surface area (Å²) in [6.45, 7) is 5.31. The van der Waals surface area contributed by atoms with Crippen LogP contribution in [0.3, 0.4) is 0 Å². The minimum atomic E-state index is 0.765.